The van der Waals surface area contributed by atoms with Gasteiger partial charge in [-0.1, -0.05) is 19.1 Å². The second kappa shape index (κ2) is 5.53. The molecule has 0 aliphatic carbocycles. The Bertz CT molecular complexity index is 226. The van der Waals surface area contributed by atoms with Crippen LogP contribution < -0.4 is 0 Å². The fourth-order valence-corrected chi connectivity index (χ4v) is 1.08. The summed E-state index contributed by atoms with van der Waals surface area (Å²) in [6.07, 6.45) is 11.5. The van der Waals surface area contributed by atoms with Crippen LogP contribution in [0.2, 0.25) is 0 Å². The van der Waals surface area contributed by atoms with Gasteiger partial charge in [0.25, 0.3) is 0 Å². The minimum Gasteiger partial charge on any atom is -0.265 e. The second-order valence-corrected chi connectivity index (χ2v) is 2.77. The molecule has 0 fully saturated rings. The average Bonchev–Trinajstić information content (AvgIpc) is 2.14. The van der Waals surface area contributed by atoms with Crippen molar-refractivity contribution in [1.29, 1.82) is 0 Å². The van der Waals surface area contributed by atoms with E-state index in [0.29, 0.717) is 0 Å². The van der Waals surface area contributed by atoms with E-state index in [9.17, 15) is 0 Å². The maximum Gasteiger partial charge on any atom is 0.0270 e. The van der Waals surface area contributed by atoms with Gasteiger partial charge in [0.15, 0.2) is 0 Å². The van der Waals surface area contributed by atoms with E-state index in [4.69, 9.17) is 0 Å². The van der Waals surface area contributed by atoms with Crippen molar-refractivity contribution in [1.82, 2.24) is 4.98 Å². The molecule has 1 aromatic heterocycles. The Morgan fingerprint density at radius 1 is 1.25 bits per heavy atom. The highest BCUT2D eigenvalue weighted by molar-refractivity contribution is 5.10. The van der Waals surface area contributed by atoms with E-state index in [0.717, 1.165) is 19.3 Å². The molecule has 1 heterocycles. The van der Waals surface area contributed by atoms with Crippen LogP contribution in [0.15, 0.2) is 36.7 Å². The lowest BCUT2D eigenvalue weighted by molar-refractivity contribution is 0.986. The molecule has 1 rings (SSSR count). The number of aryl methyl sites for hydroxylation is 1. The number of hydrogen-bond acceptors (Lipinski definition) is 1. The second-order valence-electron chi connectivity index (χ2n) is 2.77. The largest absolute Gasteiger partial charge is 0.265 e. The van der Waals surface area contributed by atoms with Crippen LogP contribution in [0.5, 0.6) is 0 Å². The van der Waals surface area contributed by atoms with Crippen LogP contribution in [-0.4, -0.2) is 4.98 Å². The Morgan fingerprint density at radius 3 is 2.67 bits per heavy atom. The Balaban J connectivity index is 2.29. The molecule has 0 N–H and O–H groups in total. The average molecular weight is 161 g/mol. The van der Waals surface area contributed by atoms with Crippen molar-refractivity contribution < 1.29 is 0 Å². The summed E-state index contributed by atoms with van der Waals surface area (Å²) in [5.74, 6) is 0. The van der Waals surface area contributed by atoms with E-state index in [1.807, 2.05) is 12.4 Å². The third-order valence-electron chi connectivity index (χ3n) is 1.75. The van der Waals surface area contributed by atoms with E-state index in [1.165, 1.54) is 5.56 Å². The molecule has 0 atom stereocenters. The number of aromatic nitrogens is 1. The van der Waals surface area contributed by atoms with Crippen molar-refractivity contribution in [2.24, 2.45) is 0 Å². The van der Waals surface area contributed by atoms with Crippen LogP contribution >= 0.6 is 0 Å². The molecule has 12 heavy (non-hydrogen) atoms. The predicted molar refractivity (Wildman–Crippen MR) is 52.0 cm³/mol. The number of pyridine rings is 1. The van der Waals surface area contributed by atoms with Crippen LogP contribution in [0.1, 0.15) is 25.3 Å². The third kappa shape index (κ3) is 3.33. The van der Waals surface area contributed by atoms with Crippen LogP contribution in [0.4, 0.5) is 0 Å². The quantitative estimate of drug-likeness (QED) is 0.619. The minimum absolute atomic E-state index is 1.12. The van der Waals surface area contributed by atoms with Gasteiger partial charge in [-0.3, -0.25) is 4.98 Å². The summed E-state index contributed by atoms with van der Waals surface area (Å²) in [6.45, 7) is 2.16. The molecule has 0 amide bonds. The maximum atomic E-state index is 3.97. The Kier molecular flexibility index (Phi) is 4.14. The SMILES string of the molecule is CCC=CCCc1ccncc1. The van der Waals surface area contributed by atoms with E-state index in [1.54, 1.807) is 0 Å². The summed E-state index contributed by atoms with van der Waals surface area (Å²) < 4.78 is 0. The number of nitrogens with zero attached hydrogens (tertiary/aromatic N) is 1. The Morgan fingerprint density at radius 2 is 2.00 bits per heavy atom. The molecule has 64 valence electrons. The smallest absolute Gasteiger partial charge is 0.0270 e. The molecule has 0 unspecified atom stereocenters. The molecule has 0 spiro atoms. The summed E-state index contributed by atoms with van der Waals surface area (Å²) >= 11 is 0. The Labute approximate surface area is 74.2 Å². The molecule has 0 saturated carbocycles. The number of rotatable bonds is 4. The molecule has 0 aromatic carbocycles. The first-order chi connectivity index (χ1) is 5.93. The van der Waals surface area contributed by atoms with Gasteiger partial charge < -0.3 is 0 Å². The molecule has 1 aromatic rings. The molecule has 0 saturated heterocycles. The molecule has 1 heteroatoms. The molecule has 0 aliphatic heterocycles. The Hall–Kier alpha value is -1.11. The minimum atomic E-state index is 1.12. The molecule has 1 nitrogen and oxygen atoms in total. The molecule has 0 aliphatic rings. The highest BCUT2D eigenvalue weighted by atomic mass is 14.6. The van der Waals surface area contributed by atoms with E-state index >= 15 is 0 Å². The van der Waals surface area contributed by atoms with Crippen LogP contribution in [-0.2, 0) is 6.42 Å². The monoisotopic (exact) mass is 161 g/mol. The van der Waals surface area contributed by atoms with Gasteiger partial charge in [-0.25, -0.2) is 0 Å². The lowest BCUT2D eigenvalue weighted by Gasteiger charge is -1.95. The summed E-state index contributed by atoms with van der Waals surface area (Å²) in [5.41, 5.74) is 1.37. The van der Waals surface area contributed by atoms with E-state index in [-0.39, 0.29) is 0 Å². The highest BCUT2D eigenvalue weighted by Gasteiger charge is 1.87. The van der Waals surface area contributed by atoms with Gasteiger partial charge in [0, 0.05) is 12.4 Å². The summed E-state index contributed by atoms with van der Waals surface area (Å²) in [6, 6.07) is 4.14. The predicted octanol–water partition coefficient (Wildman–Crippen LogP) is 2.98. The fraction of sp³-hybridized carbons (Fsp3) is 0.364. The van der Waals surface area contributed by atoms with Crippen molar-refractivity contribution in [2.45, 2.75) is 26.2 Å². The lowest BCUT2D eigenvalue weighted by Crippen LogP contribution is -1.82. The highest BCUT2D eigenvalue weighted by Crippen LogP contribution is 2.01. The van der Waals surface area contributed by atoms with Crippen molar-refractivity contribution in [3.8, 4) is 0 Å². The fourth-order valence-electron chi connectivity index (χ4n) is 1.08. The maximum absolute atomic E-state index is 3.97. The van der Waals surface area contributed by atoms with Crippen molar-refractivity contribution in [2.75, 3.05) is 0 Å². The van der Waals surface area contributed by atoms with Crippen molar-refractivity contribution in [3.63, 3.8) is 0 Å². The van der Waals surface area contributed by atoms with Gasteiger partial charge in [-0.15, -0.1) is 0 Å². The normalized spacial score (nSPS) is 10.8. The molecular weight excluding hydrogens is 146 g/mol. The number of allylic oxidation sites excluding steroid dienone is 2. The first kappa shape index (κ1) is 8.98. The number of hydrogen-bond donors (Lipinski definition) is 0. The van der Waals surface area contributed by atoms with Crippen molar-refractivity contribution in [3.05, 3.63) is 42.2 Å². The molecule has 0 bridgehead atoms. The zero-order chi connectivity index (χ0) is 8.65. The van der Waals surface area contributed by atoms with Crippen LogP contribution in [0, 0.1) is 0 Å². The molecule has 0 radical (unpaired) electrons. The zero-order valence-corrected chi connectivity index (χ0v) is 7.53. The van der Waals surface area contributed by atoms with Gasteiger partial charge in [0.1, 0.15) is 0 Å². The summed E-state index contributed by atoms with van der Waals surface area (Å²) in [5, 5.41) is 0. The van der Waals surface area contributed by atoms with Crippen LogP contribution in [0.25, 0.3) is 0 Å². The van der Waals surface area contributed by atoms with Gasteiger partial charge in [0.2, 0.25) is 0 Å². The third-order valence-corrected chi connectivity index (χ3v) is 1.75. The van der Waals surface area contributed by atoms with Gasteiger partial charge in [0.05, 0.1) is 0 Å². The topological polar surface area (TPSA) is 12.9 Å². The summed E-state index contributed by atoms with van der Waals surface area (Å²) in [7, 11) is 0. The van der Waals surface area contributed by atoms with Crippen LogP contribution in [0.3, 0.4) is 0 Å². The van der Waals surface area contributed by atoms with Gasteiger partial charge in [-0.05, 0) is 37.0 Å². The molecular formula is C11H15N. The first-order valence-electron chi connectivity index (χ1n) is 4.47. The standard InChI is InChI=1S/C11H15N/c1-2-3-4-5-6-11-7-9-12-10-8-11/h3-4,7-10H,2,5-6H2,1H3. The van der Waals surface area contributed by atoms with Crippen molar-refractivity contribution >= 4 is 0 Å². The van der Waals surface area contributed by atoms with Gasteiger partial charge >= 0.3 is 0 Å². The lowest BCUT2D eigenvalue weighted by atomic mass is 10.1. The summed E-state index contributed by atoms with van der Waals surface area (Å²) in [4.78, 5) is 3.97. The van der Waals surface area contributed by atoms with E-state index < -0.39 is 0 Å². The van der Waals surface area contributed by atoms with E-state index in [2.05, 4.69) is 36.2 Å². The van der Waals surface area contributed by atoms with Gasteiger partial charge in [-0.2, -0.15) is 0 Å². The first-order valence-corrected chi connectivity index (χ1v) is 4.47. The zero-order valence-electron chi connectivity index (χ0n) is 7.53.